The van der Waals surface area contributed by atoms with Crippen molar-refractivity contribution in [2.45, 2.75) is 0 Å². The van der Waals surface area contributed by atoms with E-state index in [9.17, 15) is 0 Å². The Bertz CT molecular complexity index is 787. The normalized spacial score (nSPS) is 10.8. The van der Waals surface area contributed by atoms with Gasteiger partial charge in [-0.2, -0.15) is 0 Å². The molecular formula is C15H9Cl3N2. The highest BCUT2D eigenvalue weighted by Gasteiger charge is 2.06. The van der Waals surface area contributed by atoms with Crippen molar-refractivity contribution in [2.75, 3.05) is 5.32 Å². The molecule has 0 amide bonds. The second-order valence-electron chi connectivity index (χ2n) is 4.27. The standard InChI is InChI=1S/C15H9Cl3N2/c16-9-1-3-11-13(5-6-19-14(11)7-9)20-15-8-10(17)2-4-12(15)18/h1-8H,(H,19,20). The Morgan fingerprint density at radius 2 is 1.55 bits per heavy atom. The number of nitrogens with one attached hydrogen (secondary N) is 1. The first-order valence-electron chi connectivity index (χ1n) is 5.90. The molecule has 100 valence electrons. The van der Waals surface area contributed by atoms with Gasteiger partial charge in [-0.1, -0.05) is 34.8 Å². The minimum absolute atomic E-state index is 0.605. The lowest BCUT2D eigenvalue weighted by atomic mass is 10.2. The number of anilines is 2. The van der Waals surface area contributed by atoms with Gasteiger partial charge in [-0.05, 0) is 42.5 Å². The first kappa shape index (κ1) is 13.5. The first-order valence-corrected chi connectivity index (χ1v) is 7.03. The maximum Gasteiger partial charge on any atom is 0.0737 e. The van der Waals surface area contributed by atoms with Crippen LogP contribution in [0.1, 0.15) is 0 Å². The van der Waals surface area contributed by atoms with Gasteiger partial charge in [0.2, 0.25) is 0 Å². The number of hydrogen-bond donors (Lipinski definition) is 1. The number of fused-ring (bicyclic) bond motifs is 1. The first-order chi connectivity index (χ1) is 9.63. The molecule has 0 atom stereocenters. The molecule has 0 bridgehead atoms. The molecule has 2 aromatic carbocycles. The Morgan fingerprint density at radius 3 is 2.40 bits per heavy atom. The molecule has 0 saturated carbocycles. The van der Waals surface area contributed by atoms with E-state index in [0.717, 1.165) is 22.3 Å². The van der Waals surface area contributed by atoms with E-state index in [2.05, 4.69) is 10.3 Å². The van der Waals surface area contributed by atoms with E-state index in [1.165, 1.54) is 0 Å². The van der Waals surface area contributed by atoms with Crippen molar-refractivity contribution in [3.05, 3.63) is 63.7 Å². The largest absolute Gasteiger partial charge is 0.354 e. The molecule has 1 N–H and O–H groups in total. The van der Waals surface area contributed by atoms with E-state index in [1.54, 1.807) is 24.4 Å². The molecule has 2 nitrogen and oxygen atoms in total. The van der Waals surface area contributed by atoms with Crippen LogP contribution in [0.5, 0.6) is 0 Å². The van der Waals surface area contributed by atoms with Gasteiger partial charge in [0.15, 0.2) is 0 Å². The summed E-state index contributed by atoms with van der Waals surface area (Å²) in [4.78, 5) is 4.30. The summed E-state index contributed by atoms with van der Waals surface area (Å²) in [6, 6.07) is 12.7. The zero-order chi connectivity index (χ0) is 14.1. The van der Waals surface area contributed by atoms with Crippen molar-refractivity contribution in [3.63, 3.8) is 0 Å². The lowest BCUT2D eigenvalue weighted by Crippen LogP contribution is -1.93. The number of benzene rings is 2. The molecule has 3 rings (SSSR count). The highest BCUT2D eigenvalue weighted by molar-refractivity contribution is 6.35. The minimum atomic E-state index is 0.605. The molecule has 0 aliphatic rings. The van der Waals surface area contributed by atoms with Gasteiger partial charge in [-0.15, -0.1) is 0 Å². The third kappa shape index (κ3) is 2.68. The third-order valence-electron chi connectivity index (χ3n) is 2.90. The van der Waals surface area contributed by atoms with Gasteiger partial charge in [0.1, 0.15) is 0 Å². The maximum absolute atomic E-state index is 6.16. The minimum Gasteiger partial charge on any atom is -0.354 e. The molecular weight excluding hydrogens is 315 g/mol. The summed E-state index contributed by atoms with van der Waals surface area (Å²) < 4.78 is 0. The van der Waals surface area contributed by atoms with Crippen LogP contribution < -0.4 is 5.32 Å². The van der Waals surface area contributed by atoms with Crippen LogP contribution in [0.4, 0.5) is 11.4 Å². The Balaban J connectivity index is 2.09. The molecule has 0 saturated heterocycles. The number of hydrogen-bond acceptors (Lipinski definition) is 2. The molecule has 3 aromatic rings. The van der Waals surface area contributed by atoms with E-state index in [1.807, 2.05) is 24.3 Å². The van der Waals surface area contributed by atoms with Gasteiger partial charge in [-0.3, -0.25) is 4.98 Å². The van der Waals surface area contributed by atoms with Crippen LogP contribution in [0.2, 0.25) is 15.1 Å². The summed E-state index contributed by atoms with van der Waals surface area (Å²) in [7, 11) is 0. The van der Waals surface area contributed by atoms with Crippen molar-refractivity contribution in [3.8, 4) is 0 Å². The van der Waals surface area contributed by atoms with E-state index >= 15 is 0 Å². The number of nitrogens with zero attached hydrogens (tertiary/aromatic N) is 1. The Kier molecular flexibility index (Phi) is 3.70. The molecule has 0 aliphatic heterocycles. The van der Waals surface area contributed by atoms with Crippen LogP contribution in [0, 0.1) is 0 Å². The van der Waals surface area contributed by atoms with Gasteiger partial charge in [0.05, 0.1) is 16.2 Å². The fourth-order valence-corrected chi connectivity index (χ4v) is 2.47. The van der Waals surface area contributed by atoms with Crippen molar-refractivity contribution >= 4 is 57.1 Å². The number of pyridine rings is 1. The van der Waals surface area contributed by atoms with Crippen LogP contribution in [0.3, 0.4) is 0 Å². The highest BCUT2D eigenvalue weighted by Crippen LogP contribution is 2.31. The summed E-state index contributed by atoms with van der Waals surface area (Å²) in [6.45, 7) is 0. The fourth-order valence-electron chi connectivity index (χ4n) is 1.97. The third-order valence-corrected chi connectivity index (χ3v) is 3.70. The van der Waals surface area contributed by atoms with Gasteiger partial charge in [0, 0.05) is 27.3 Å². The van der Waals surface area contributed by atoms with Crippen LogP contribution in [0.15, 0.2) is 48.7 Å². The lowest BCUT2D eigenvalue weighted by Gasteiger charge is -2.11. The summed E-state index contributed by atoms with van der Waals surface area (Å²) in [5, 5.41) is 6.13. The Hall–Kier alpha value is -1.48. The second kappa shape index (κ2) is 5.49. The van der Waals surface area contributed by atoms with E-state index in [-0.39, 0.29) is 0 Å². The van der Waals surface area contributed by atoms with Crippen molar-refractivity contribution < 1.29 is 0 Å². The SMILES string of the molecule is Clc1ccc(Cl)c(Nc2ccnc3cc(Cl)ccc23)c1. The highest BCUT2D eigenvalue weighted by atomic mass is 35.5. The molecule has 0 radical (unpaired) electrons. The smallest absolute Gasteiger partial charge is 0.0737 e. The molecule has 0 fully saturated rings. The molecule has 0 unspecified atom stereocenters. The lowest BCUT2D eigenvalue weighted by molar-refractivity contribution is 1.40. The van der Waals surface area contributed by atoms with E-state index in [0.29, 0.717) is 15.1 Å². The second-order valence-corrected chi connectivity index (χ2v) is 5.55. The average Bonchev–Trinajstić information content (AvgIpc) is 2.43. The summed E-state index contributed by atoms with van der Waals surface area (Å²) in [6.07, 6.45) is 1.72. The summed E-state index contributed by atoms with van der Waals surface area (Å²) >= 11 is 18.1. The molecule has 1 heterocycles. The molecule has 0 aliphatic carbocycles. The van der Waals surface area contributed by atoms with Crippen LogP contribution in [-0.2, 0) is 0 Å². The monoisotopic (exact) mass is 322 g/mol. The quantitative estimate of drug-likeness (QED) is 0.631. The predicted molar refractivity (Wildman–Crippen MR) is 86.5 cm³/mol. The Labute approximate surface area is 131 Å². The number of aromatic nitrogens is 1. The topological polar surface area (TPSA) is 24.9 Å². The van der Waals surface area contributed by atoms with Crippen LogP contribution in [-0.4, -0.2) is 4.98 Å². The van der Waals surface area contributed by atoms with Crippen molar-refractivity contribution in [1.29, 1.82) is 0 Å². The van der Waals surface area contributed by atoms with Gasteiger partial charge in [0.25, 0.3) is 0 Å². The molecule has 0 spiro atoms. The maximum atomic E-state index is 6.16. The van der Waals surface area contributed by atoms with Crippen LogP contribution >= 0.6 is 34.8 Å². The van der Waals surface area contributed by atoms with Crippen LogP contribution in [0.25, 0.3) is 10.9 Å². The summed E-state index contributed by atoms with van der Waals surface area (Å²) in [5.74, 6) is 0. The van der Waals surface area contributed by atoms with Crippen molar-refractivity contribution in [2.24, 2.45) is 0 Å². The van der Waals surface area contributed by atoms with E-state index < -0.39 is 0 Å². The zero-order valence-electron chi connectivity index (χ0n) is 10.2. The summed E-state index contributed by atoms with van der Waals surface area (Å²) in [5.41, 5.74) is 2.47. The molecule has 5 heteroatoms. The van der Waals surface area contributed by atoms with Gasteiger partial charge >= 0.3 is 0 Å². The van der Waals surface area contributed by atoms with Gasteiger partial charge in [-0.25, -0.2) is 0 Å². The Morgan fingerprint density at radius 1 is 0.800 bits per heavy atom. The van der Waals surface area contributed by atoms with E-state index in [4.69, 9.17) is 34.8 Å². The molecule has 1 aromatic heterocycles. The van der Waals surface area contributed by atoms with Crippen molar-refractivity contribution in [1.82, 2.24) is 4.98 Å². The molecule has 20 heavy (non-hydrogen) atoms. The zero-order valence-corrected chi connectivity index (χ0v) is 12.5. The number of rotatable bonds is 2. The fraction of sp³-hybridized carbons (Fsp3) is 0. The number of halogens is 3. The average molecular weight is 324 g/mol. The predicted octanol–water partition coefficient (Wildman–Crippen LogP) is 5.94. The van der Waals surface area contributed by atoms with Gasteiger partial charge < -0.3 is 5.32 Å².